The van der Waals surface area contributed by atoms with Gasteiger partial charge in [0.1, 0.15) is 24.5 Å². The molecule has 0 aliphatic rings. The van der Waals surface area contributed by atoms with Crippen LogP contribution in [0.3, 0.4) is 0 Å². The number of amides is 2. The highest BCUT2D eigenvalue weighted by Crippen LogP contribution is 2.17. The highest BCUT2D eigenvalue weighted by atomic mass is 32.2. The minimum atomic E-state index is -4.52. The van der Waals surface area contributed by atoms with Gasteiger partial charge in [-0.25, -0.2) is 4.79 Å². The number of carbonyl (C=O) groups is 6. The number of rotatable bonds is 22. The van der Waals surface area contributed by atoms with Crippen LogP contribution in [0.25, 0.3) is 0 Å². The van der Waals surface area contributed by atoms with E-state index in [0.29, 0.717) is 6.54 Å². The fourth-order valence-corrected chi connectivity index (χ4v) is 3.81. The van der Waals surface area contributed by atoms with Crippen molar-refractivity contribution in [3.63, 3.8) is 0 Å². The van der Waals surface area contributed by atoms with Gasteiger partial charge in [0, 0.05) is 38.3 Å². The molecule has 0 spiro atoms. The molecule has 16 heteroatoms. The number of carbonyl (C=O) groups excluding carboxylic acids is 5. The Balaban J connectivity index is 5.05. The first-order valence-electron chi connectivity index (χ1n) is 13.4. The molecule has 0 rings (SSSR count). The molecule has 15 nitrogen and oxygen atoms in total. The minimum absolute atomic E-state index is 0.00890. The van der Waals surface area contributed by atoms with Crippen LogP contribution in [0.5, 0.6) is 0 Å². The van der Waals surface area contributed by atoms with Crippen LogP contribution in [0.4, 0.5) is 0 Å². The number of esters is 2. The average molecular weight is 622 g/mol. The Morgan fingerprint density at radius 2 is 1.52 bits per heavy atom. The van der Waals surface area contributed by atoms with Crippen molar-refractivity contribution < 1.29 is 56.3 Å². The van der Waals surface area contributed by atoms with E-state index < -0.39 is 63.8 Å². The fraction of sp³-hybridized carbons (Fsp3) is 0.692. The van der Waals surface area contributed by atoms with Gasteiger partial charge >= 0.3 is 28.0 Å². The van der Waals surface area contributed by atoms with Gasteiger partial charge in [-0.05, 0) is 32.7 Å². The van der Waals surface area contributed by atoms with E-state index in [-0.39, 0.29) is 63.5 Å². The molecule has 0 saturated carbocycles. The number of nitrogens with zero attached hydrogens (tertiary/aromatic N) is 1. The molecular formula is C26H43N3O12S. The molecule has 2 amide bonds. The molecule has 240 valence electrons. The van der Waals surface area contributed by atoms with Crippen molar-refractivity contribution in [1.29, 1.82) is 0 Å². The second kappa shape index (κ2) is 19.7. The number of Topliss-reactive ketones (excluding diaryl/α,β-unsaturated/α-hetero) is 1. The highest BCUT2D eigenvalue weighted by Gasteiger charge is 2.27. The van der Waals surface area contributed by atoms with Crippen molar-refractivity contribution in [2.45, 2.75) is 71.9 Å². The number of aliphatic carboxylic acids is 1. The van der Waals surface area contributed by atoms with Gasteiger partial charge < -0.3 is 30.1 Å². The van der Waals surface area contributed by atoms with Gasteiger partial charge in [-0.3, -0.25) is 28.5 Å². The summed E-state index contributed by atoms with van der Waals surface area (Å²) in [5.74, 6) is -6.21. The highest BCUT2D eigenvalue weighted by molar-refractivity contribution is 7.85. The van der Waals surface area contributed by atoms with Gasteiger partial charge in [0.15, 0.2) is 0 Å². The summed E-state index contributed by atoms with van der Waals surface area (Å²) < 4.78 is 39.4. The van der Waals surface area contributed by atoms with Crippen molar-refractivity contribution in [1.82, 2.24) is 15.5 Å². The third-order valence-electron chi connectivity index (χ3n) is 5.98. The quantitative estimate of drug-likeness (QED) is 0.0726. The van der Waals surface area contributed by atoms with Gasteiger partial charge in [0.25, 0.3) is 0 Å². The first kappa shape index (κ1) is 38.6. The number of hydrogen-bond donors (Lipinski definition) is 4. The lowest BCUT2D eigenvalue weighted by atomic mass is 9.89. The van der Waals surface area contributed by atoms with Crippen LogP contribution in [-0.4, -0.2) is 103 Å². The maximum atomic E-state index is 12.8. The molecule has 4 N–H and O–H groups in total. The third-order valence-corrected chi connectivity index (χ3v) is 6.39. The third kappa shape index (κ3) is 18.1. The number of ketones is 1. The Morgan fingerprint density at radius 3 is 2.07 bits per heavy atom. The molecular weight excluding hydrogens is 578 g/mol. The summed E-state index contributed by atoms with van der Waals surface area (Å²) >= 11 is 0. The molecule has 3 atom stereocenters. The first-order valence-corrected chi connectivity index (χ1v) is 15.0. The summed E-state index contributed by atoms with van der Waals surface area (Å²) in [7, 11) is -4.52. The van der Waals surface area contributed by atoms with Gasteiger partial charge in [-0.15, -0.1) is 0 Å². The molecule has 0 saturated heterocycles. The summed E-state index contributed by atoms with van der Waals surface area (Å²) in [4.78, 5) is 74.1. The molecule has 0 aromatic carbocycles. The molecule has 0 heterocycles. The molecule has 0 aliphatic heterocycles. The Labute approximate surface area is 246 Å². The Morgan fingerprint density at radius 1 is 0.905 bits per heavy atom. The largest absolute Gasteiger partial charge is 0.480 e. The van der Waals surface area contributed by atoms with E-state index in [0.717, 1.165) is 0 Å². The molecule has 0 aliphatic carbocycles. The van der Waals surface area contributed by atoms with Crippen molar-refractivity contribution in [2.75, 3.05) is 32.2 Å². The zero-order valence-corrected chi connectivity index (χ0v) is 25.3. The summed E-state index contributed by atoms with van der Waals surface area (Å²) in [6.45, 7) is 10.4. The Bertz CT molecular complexity index is 1060. The normalized spacial score (nSPS) is 13.5. The van der Waals surface area contributed by atoms with Crippen LogP contribution in [0.1, 0.15) is 59.8 Å². The van der Waals surface area contributed by atoms with Gasteiger partial charge in [0.05, 0.1) is 6.42 Å². The van der Waals surface area contributed by atoms with E-state index in [2.05, 4.69) is 21.9 Å². The maximum Gasteiger partial charge on any atom is 0.329 e. The van der Waals surface area contributed by atoms with Crippen LogP contribution in [0, 0.1) is 11.8 Å². The smallest absolute Gasteiger partial charge is 0.329 e. The van der Waals surface area contributed by atoms with E-state index in [1.807, 2.05) is 0 Å². The van der Waals surface area contributed by atoms with Gasteiger partial charge in [-0.1, -0.05) is 26.5 Å². The molecule has 0 aromatic rings. The monoisotopic (exact) mass is 621 g/mol. The Hall–Kier alpha value is -3.37. The number of hydrogen-bond acceptors (Lipinski definition) is 11. The van der Waals surface area contributed by atoms with Crippen molar-refractivity contribution in [2.24, 2.45) is 11.8 Å². The standard InChI is InChI=1S/C26H43N3O12S/c1-6-14-40-23(32)10-13-29(11-7-8-22(31)27-19(5)26(36)41-16-42(37,38)39)12-9-20(30)15-21(17(2)3)24(33)28-18(4)25(34)35/h6,17-19,21H,1,7-16H2,2-5H3,(H,27,31)(H,28,33)(H,34,35)(H,37,38,39)/t18-,19-,21-/m0/s1. The summed E-state index contributed by atoms with van der Waals surface area (Å²) in [5, 5.41) is 13.8. The second-order valence-electron chi connectivity index (χ2n) is 10.0. The average Bonchev–Trinajstić information content (AvgIpc) is 2.89. The molecule has 0 aromatic heterocycles. The minimum Gasteiger partial charge on any atom is -0.480 e. The maximum absolute atomic E-state index is 12.8. The van der Waals surface area contributed by atoms with Crippen LogP contribution in [-0.2, 0) is 48.4 Å². The van der Waals surface area contributed by atoms with E-state index in [1.165, 1.54) is 19.9 Å². The number of carboxylic acid groups (broad SMARTS) is 1. The van der Waals surface area contributed by atoms with Gasteiger partial charge in [0.2, 0.25) is 17.8 Å². The van der Waals surface area contributed by atoms with Crippen LogP contribution >= 0.6 is 0 Å². The summed E-state index contributed by atoms with van der Waals surface area (Å²) in [6.07, 6.45) is 1.60. The molecule has 0 fully saturated rings. The van der Waals surface area contributed by atoms with Crippen LogP contribution < -0.4 is 10.6 Å². The molecule has 0 radical (unpaired) electrons. The van der Waals surface area contributed by atoms with Gasteiger partial charge in [-0.2, -0.15) is 8.42 Å². The van der Waals surface area contributed by atoms with Crippen molar-refractivity contribution >= 4 is 45.6 Å². The lowest BCUT2D eigenvalue weighted by molar-refractivity contribution is -0.145. The van der Waals surface area contributed by atoms with Crippen LogP contribution in [0.2, 0.25) is 0 Å². The van der Waals surface area contributed by atoms with Crippen molar-refractivity contribution in [3.05, 3.63) is 12.7 Å². The molecule has 0 unspecified atom stereocenters. The predicted molar refractivity (Wildman–Crippen MR) is 149 cm³/mol. The number of nitrogens with one attached hydrogen (secondary N) is 2. The first-order chi connectivity index (χ1) is 19.5. The molecule has 0 bridgehead atoms. The summed E-state index contributed by atoms with van der Waals surface area (Å²) in [5.41, 5.74) is 0. The Kier molecular flexibility index (Phi) is 18.1. The van der Waals surface area contributed by atoms with E-state index >= 15 is 0 Å². The lowest BCUT2D eigenvalue weighted by Crippen LogP contribution is -2.43. The van der Waals surface area contributed by atoms with E-state index in [9.17, 15) is 37.2 Å². The van der Waals surface area contributed by atoms with E-state index in [1.54, 1.807) is 18.7 Å². The zero-order chi connectivity index (χ0) is 32.5. The SMILES string of the molecule is C=CCOC(=O)CCN(CCCC(=O)N[C@@H](C)C(=O)OCS(=O)(=O)O)CCC(=O)C[C@H](C(=O)N[C@@H](C)C(=O)O)C(C)C. The fourth-order valence-electron chi connectivity index (χ4n) is 3.55. The number of carboxylic acids is 1. The molecule has 42 heavy (non-hydrogen) atoms. The van der Waals surface area contributed by atoms with Crippen molar-refractivity contribution in [3.8, 4) is 0 Å². The zero-order valence-electron chi connectivity index (χ0n) is 24.5. The lowest BCUT2D eigenvalue weighted by Gasteiger charge is -2.23. The topological polar surface area (TPSA) is 223 Å². The second-order valence-corrected chi connectivity index (χ2v) is 11.4. The van der Waals surface area contributed by atoms with E-state index in [4.69, 9.17) is 14.4 Å². The summed E-state index contributed by atoms with van der Waals surface area (Å²) in [6, 6.07) is -2.27. The van der Waals surface area contributed by atoms with Crippen LogP contribution in [0.15, 0.2) is 12.7 Å². The number of ether oxygens (including phenoxy) is 2. The predicted octanol–water partition coefficient (Wildman–Crippen LogP) is 0.292.